The third-order valence-corrected chi connectivity index (χ3v) is 5.93. The fourth-order valence-electron chi connectivity index (χ4n) is 2.90. The van der Waals surface area contributed by atoms with E-state index in [0.29, 0.717) is 0 Å². The molecule has 0 aliphatic heterocycles. The van der Waals surface area contributed by atoms with Gasteiger partial charge in [0.1, 0.15) is 4.32 Å². The number of nitrogens with one attached hydrogen (secondary N) is 1. The van der Waals surface area contributed by atoms with Gasteiger partial charge in [-0.05, 0) is 12.8 Å². The Kier molecular flexibility index (Phi) is 28.7. The predicted molar refractivity (Wildman–Crippen MR) is 125 cm³/mol. The van der Waals surface area contributed by atoms with E-state index in [1.165, 1.54) is 108 Å². The molecule has 0 aromatic rings. The fraction of sp³-hybridized carbons (Fsp3) is 0.952. The van der Waals surface area contributed by atoms with E-state index in [0.717, 1.165) is 10.9 Å². The molecule has 1 N–H and O–H groups in total. The number of unbranched alkanes of at least 4 members (excludes halogenated alkanes) is 14. The molecule has 0 saturated carbocycles. The molecular formula is C21H44NNaS2. The van der Waals surface area contributed by atoms with Crippen LogP contribution in [0, 0.1) is 0 Å². The van der Waals surface area contributed by atoms with Crippen molar-refractivity contribution in [3.8, 4) is 0 Å². The second-order valence-electron chi connectivity index (χ2n) is 7.01. The van der Waals surface area contributed by atoms with Gasteiger partial charge in [-0.2, -0.15) is 0 Å². The monoisotopic (exact) mass is 397 g/mol. The Morgan fingerprint density at radius 2 is 1.04 bits per heavy atom. The molecule has 0 aromatic carbocycles. The molecule has 0 spiro atoms. The van der Waals surface area contributed by atoms with Crippen LogP contribution >= 0.6 is 24.0 Å². The summed E-state index contributed by atoms with van der Waals surface area (Å²) in [7, 11) is 0. The van der Waals surface area contributed by atoms with E-state index in [-0.39, 0.29) is 29.6 Å². The van der Waals surface area contributed by atoms with Crippen LogP contribution in [0.2, 0.25) is 0 Å². The Labute approximate surface area is 190 Å². The molecule has 25 heavy (non-hydrogen) atoms. The Bertz CT molecular complexity index is 238. The van der Waals surface area contributed by atoms with E-state index in [2.05, 4.69) is 19.2 Å². The van der Waals surface area contributed by atoms with Gasteiger partial charge in [-0.15, -0.1) is 0 Å². The summed E-state index contributed by atoms with van der Waals surface area (Å²) in [6, 6.07) is 0. The van der Waals surface area contributed by atoms with Gasteiger partial charge in [-0.3, -0.25) is 0 Å². The number of hydrogen-bond acceptors (Lipinski definition) is 2. The Hall–Kier alpha value is 1.24. The standard InChI is InChI=1S/C21H43NS2.Na.H/c1-3-5-7-9-11-13-15-17-19-22-21(23)24-20-18-16-14-12-10-8-6-4-2;;/h3-20H2,1-2H3,(H,22,23);;. The second kappa shape index (κ2) is 25.2. The van der Waals surface area contributed by atoms with E-state index in [9.17, 15) is 0 Å². The summed E-state index contributed by atoms with van der Waals surface area (Å²) in [4.78, 5) is 0. The summed E-state index contributed by atoms with van der Waals surface area (Å²) in [5.41, 5.74) is 0. The SMILES string of the molecule is CCCCCCCCCCNC(=S)SCCCCCCCCCC.[NaH]. The zero-order valence-corrected chi connectivity index (χ0v) is 18.2. The fourth-order valence-corrected chi connectivity index (χ4v) is 3.99. The summed E-state index contributed by atoms with van der Waals surface area (Å²) in [5, 5.41) is 3.41. The number of thiocarbonyl (C=S) groups is 1. The van der Waals surface area contributed by atoms with Crippen molar-refractivity contribution in [2.45, 2.75) is 117 Å². The molecule has 0 radical (unpaired) electrons. The van der Waals surface area contributed by atoms with E-state index in [1.807, 2.05) is 11.8 Å². The van der Waals surface area contributed by atoms with Gasteiger partial charge in [-0.25, -0.2) is 0 Å². The van der Waals surface area contributed by atoms with Crippen LogP contribution in [-0.4, -0.2) is 46.2 Å². The zero-order chi connectivity index (χ0) is 17.7. The molecule has 0 aliphatic carbocycles. The Morgan fingerprint density at radius 3 is 1.52 bits per heavy atom. The zero-order valence-electron chi connectivity index (χ0n) is 16.5. The van der Waals surface area contributed by atoms with E-state index in [4.69, 9.17) is 12.2 Å². The van der Waals surface area contributed by atoms with Crippen LogP contribution in [-0.2, 0) is 0 Å². The number of thioether (sulfide) groups is 1. The molecule has 0 fully saturated rings. The van der Waals surface area contributed by atoms with Crippen molar-refractivity contribution >= 4 is 57.9 Å². The van der Waals surface area contributed by atoms with Gasteiger partial charge in [0.05, 0.1) is 0 Å². The van der Waals surface area contributed by atoms with Gasteiger partial charge < -0.3 is 5.32 Å². The molecule has 0 rings (SSSR count). The molecule has 1 nitrogen and oxygen atoms in total. The summed E-state index contributed by atoms with van der Waals surface area (Å²) < 4.78 is 1.01. The van der Waals surface area contributed by atoms with Crippen LogP contribution < -0.4 is 5.32 Å². The van der Waals surface area contributed by atoms with Gasteiger partial charge in [0, 0.05) is 12.3 Å². The second-order valence-corrected chi connectivity index (χ2v) is 8.78. The minimum absolute atomic E-state index is 0. The van der Waals surface area contributed by atoms with Crippen molar-refractivity contribution in [3.05, 3.63) is 0 Å². The maximum atomic E-state index is 5.40. The van der Waals surface area contributed by atoms with Crippen LogP contribution in [0.4, 0.5) is 0 Å². The Balaban J connectivity index is 0. The van der Waals surface area contributed by atoms with Crippen molar-refractivity contribution in [1.82, 2.24) is 5.32 Å². The minimum atomic E-state index is 0. The van der Waals surface area contributed by atoms with Crippen LogP contribution in [0.3, 0.4) is 0 Å². The average Bonchev–Trinajstić information content (AvgIpc) is 2.59. The molecule has 0 heterocycles. The van der Waals surface area contributed by atoms with E-state index in [1.54, 1.807) is 0 Å². The molecule has 0 amide bonds. The van der Waals surface area contributed by atoms with E-state index < -0.39 is 0 Å². The third-order valence-electron chi connectivity index (χ3n) is 4.53. The van der Waals surface area contributed by atoms with Gasteiger partial charge >= 0.3 is 29.6 Å². The van der Waals surface area contributed by atoms with E-state index >= 15 is 0 Å². The normalized spacial score (nSPS) is 10.5. The summed E-state index contributed by atoms with van der Waals surface area (Å²) >= 11 is 7.25. The molecule has 146 valence electrons. The van der Waals surface area contributed by atoms with Crippen molar-refractivity contribution in [2.75, 3.05) is 12.3 Å². The van der Waals surface area contributed by atoms with Crippen molar-refractivity contribution in [2.24, 2.45) is 0 Å². The first-order valence-corrected chi connectivity index (χ1v) is 12.1. The molecule has 0 atom stereocenters. The maximum absolute atomic E-state index is 5.40. The van der Waals surface area contributed by atoms with Gasteiger partial charge in [0.15, 0.2) is 0 Å². The first kappa shape index (κ1) is 28.4. The third kappa shape index (κ3) is 25.2. The Morgan fingerprint density at radius 1 is 0.640 bits per heavy atom. The molecule has 0 saturated heterocycles. The molecule has 0 aromatic heterocycles. The topological polar surface area (TPSA) is 12.0 Å². The van der Waals surface area contributed by atoms with Crippen molar-refractivity contribution in [1.29, 1.82) is 0 Å². The first-order chi connectivity index (χ1) is 11.8. The predicted octanol–water partition coefficient (Wildman–Crippen LogP) is 7.23. The van der Waals surface area contributed by atoms with Crippen LogP contribution in [0.15, 0.2) is 0 Å². The average molecular weight is 398 g/mol. The molecule has 0 unspecified atom stereocenters. The van der Waals surface area contributed by atoms with Crippen molar-refractivity contribution in [3.63, 3.8) is 0 Å². The van der Waals surface area contributed by atoms with Gasteiger partial charge in [0.2, 0.25) is 0 Å². The molecule has 0 aliphatic rings. The van der Waals surface area contributed by atoms with Crippen molar-refractivity contribution < 1.29 is 0 Å². The van der Waals surface area contributed by atoms with Crippen LogP contribution in [0.25, 0.3) is 0 Å². The quantitative estimate of drug-likeness (QED) is 0.149. The van der Waals surface area contributed by atoms with Crippen LogP contribution in [0.5, 0.6) is 0 Å². The summed E-state index contributed by atoms with van der Waals surface area (Å²) in [5.74, 6) is 1.19. The summed E-state index contributed by atoms with van der Waals surface area (Å²) in [6.07, 6.45) is 22.2. The summed E-state index contributed by atoms with van der Waals surface area (Å²) in [6.45, 7) is 5.63. The molecular weight excluding hydrogens is 353 g/mol. The number of rotatable bonds is 18. The molecule has 0 bridgehead atoms. The van der Waals surface area contributed by atoms with Gasteiger partial charge in [-0.1, -0.05) is 128 Å². The van der Waals surface area contributed by atoms with Gasteiger partial charge in [0.25, 0.3) is 0 Å². The van der Waals surface area contributed by atoms with Crippen LogP contribution in [0.1, 0.15) is 117 Å². The number of hydrogen-bond donors (Lipinski definition) is 1. The first-order valence-electron chi connectivity index (χ1n) is 10.7. The molecule has 4 heteroatoms.